The largest absolute Gasteiger partial charge is 0.483 e. The number of benzene rings is 2. The highest BCUT2D eigenvalue weighted by atomic mass is 19.1. The fourth-order valence-corrected chi connectivity index (χ4v) is 2.81. The van der Waals surface area contributed by atoms with Crippen LogP contribution in [0.15, 0.2) is 48.5 Å². The van der Waals surface area contributed by atoms with Crippen LogP contribution in [0.25, 0.3) is 0 Å². The fraction of sp³-hybridized carbons (Fsp3) is 0.263. The third kappa shape index (κ3) is 4.15. The van der Waals surface area contributed by atoms with Gasteiger partial charge in [0.15, 0.2) is 12.9 Å². The first-order valence-electron chi connectivity index (χ1n) is 8.12. The Hall–Kier alpha value is -2.89. The van der Waals surface area contributed by atoms with E-state index in [-0.39, 0.29) is 18.3 Å². The van der Waals surface area contributed by atoms with Crippen LogP contribution >= 0.6 is 0 Å². The average molecular weight is 342 g/mol. The summed E-state index contributed by atoms with van der Waals surface area (Å²) in [5.41, 5.74) is 1.38. The Labute approximate surface area is 145 Å². The molecule has 0 N–H and O–H groups in total. The molecule has 1 amide bonds. The van der Waals surface area contributed by atoms with E-state index in [0.29, 0.717) is 43.8 Å². The Morgan fingerprint density at radius 1 is 1.04 bits per heavy atom. The summed E-state index contributed by atoms with van der Waals surface area (Å²) in [6.45, 7) is 2.43. The molecule has 5 nitrogen and oxygen atoms in total. The van der Waals surface area contributed by atoms with Crippen LogP contribution in [0.4, 0.5) is 10.1 Å². The van der Waals surface area contributed by atoms with Gasteiger partial charge in [-0.25, -0.2) is 4.39 Å². The molecular formula is C19H19FN2O3. The molecule has 0 unspecified atom stereocenters. The summed E-state index contributed by atoms with van der Waals surface area (Å²) in [6, 6.07) is 13.2. The number of carbonyl (C=O) groups excluding carboxylic acids is 2. The lowest BCUT2D eigenvalue weighted by atomic mass is 10.2. The first-order valence-corrected chi connectivity index (χ1v) is 8.12. The summed E-state index contributed by atoms with van der Waals surface area (Å²) in [5, 5.41) is 0. The van der Waals surface area contributed by atoms with Crippen LogP contribution in [0.1, 0.15) is 10.4 Å². The molecule has 0 saturated carbocycles. The Morgan fingerprint density at radius 3 is 2.40 bits per heavy atom. The minimum Gasteiger partial charge on any atom is -0.483 e. The van der Waals surface area contributed by atoms with Crippen molar-refractivity contribution >= 4 is 17.9 Å². The van der Waals surface area contributed by atoms with Gasteiger partial charge < -0.3 is 14.5 Å². The second-order valence-corrected chi connectivity index (χ2v) is 5.79. The number of hydrogen-bond acceptors (Lipinski definition) is 4. The molecule has 0 radical (unpaired) electrons. The Morgan fingerprint density at radius 2 is 1.72 bits per heavy atom. The Bertz CT molecular complexity index is 741. The number of nitrogens with zero attached hydrogens (tertiary/aromatic N) is 2. The van der Waals surface area contributed by atoms with Gasteiger partial charge in [-0.15, -0.1) is 0 Å². The Balaban J connectivity index is 1.51. The monoisotopic (exact) mass is 342 g/mol. The van der Waals surface area contributed by atoms with Crippen molar-refractivity contribution in [3.8, 4) is 5.75 Å². The maximum atomic E-state index is 13.0. The average Bonchev–Trinajstić information content (AvgIpc) is 2.67. The summed E-state index contributed by atoms with van der Waals surface area (Å²) >= 11 is 0. The van der Waals surface area contributed by atoms with E-state index < -0.39 is 0 Å². The van der Waals surface area contributed by atoms with Gasteiger partial charge in [0.05, 0.1) is 5.56 Å². The van der Waals surface area contributed by atoms with Gasteiger partial charge in [-0.2, -0.15) is 0 Å². The maximum absolute atomic E-state index is 13.0. The molecule has 0 atom stereocenters. The number of halogens is 1. The van der Waals surface area contributed by atoms with E-state index in [2.05, 4.69) is 4.90 Å². The van der Waals surface area contributed by atoms with Crippen molar-refractivity contribution in [3.05, 3.63) is 59.9 Å². The minimum absolute atomic E-state index is 0.0958. The lowest BCUT2D eigenvalue weighted by Crippen LogP contribution is -2.50. The lowest BCUT2D eigenvalue weighted by Gasteiger charge is -2.36. The van der Waals surface area contributed by atoms with Gasteiger partial charge in [-0.05, 0) is 36.4 Å². The van der Waals surface area contributed by atoms with E-state index in [1.54, 1.807) is 41.3 Å². The van der Waals surface area contributed by atoms with Gasteiger partial charge in [0.1, 0.15) is 11.6 Å². The Kier molecular flexibility index (Phi) is 5.28. The van der Waals surface area contributed by atoms with Crippen molar-refractivity contribution < 1.29 is 18.7 Å². The van der Waals surface area contributed by atoms with Crippen molar-refractivity contribution in [1.29, 1.82) is 0 Å². The second-order valence-electron chi connectivity index (χ2n) is 5.79. The number of para-hydroxylation sites is 1. The van der Waals surface area contributed by atoms with Crippen LogP contribution in [0.5, 0.6) is 5.75 Å². The summed E-state index contributed by atoms with van der Waals surface area (Å²) in [7, 11) is 0. The zero-order chi connectivity index (χ0) is 17.6. The highest BCUT2D eigenvalue weighted by Gasteiger charge is 2.21. The fourth-order valence-electron chi connectivity index (χ4n) is 2.81. The predicted molar refractivity (Wildman–Crippen MR) is 92.5 cm³/mol. The number of hydrogen-bond donors (Lipinski definition) is 0. The first-order chi connectivity index (χ1) is 12.2. The molecule has 1 fully saturated rings. The van der Waals surface area contributed by atoms with E-state index in [1.165, 1.54) is 12.1 Å². The predicted octanol–water partition coefficient (Wildman–Crippen LogP) is 2.37. The first kappa shape index (κ1) is 17.0. The van der Waals surface area contributed by atoms with E-state index >= 15 is 0 Å². The van der Waals surface area contributed by atoms with Gasteiger partial charge in [0.25, 0.3) is 5.91 Å². The van der Waals surface area contributed by atoms with Gasteiger partial charge in [-0.3, -0.25) is 9.59 Å². The topological polar surface area (TPSA) is 49.9 Å². The van der Waals surface area contributed by atoms with Gasteiger partial charge >= 0.3 is 0 Å². The number of amides is 1. The van der Waals surface area contributed by atoms with E-state index in [4.69, 9.17) is 4.74 Å². The lowest BCUT2D eigenvalue weighted by molar-refractivity contribution is -0.133. The number of piperazine rings is 1. The number of rotatable bonds is 5. The van der Waals surface area contributed by atoms with Crippen molar-refractivity contribution in [1.82, 2.24) is 4.90 Å². The van der Waals surface area contributed by atoms with Crippen molar-refractivity contribution in [3.63, 3.8) is 0 Å². The van der Waals surface area contributed by atoms with E-state index in [9.17, 15) is 14.0 Å². The quantitative estimate of drug-likeness (QED) is 0.783. The molecule has 1 aliphatic heterocycles. The van der Waals surface area contributed by atoms with Crippen LogP contribution in [0.2, 0.25) is 0 Å². The van der Waals surface area contributed by atoms with Crippen molar-refractivity contribution in [2.24, 2.45) is 0 Å². The summed E-state index contributed by atoms with van der Waals surface area (Å²) in [4.78, 5) is 27.1. The van der Waals surface area contributed by atoms with Crippen LogP contribution in [-0.4, -0.2) is 49.9 Å². The molecule has 0 aromatic heterocycles. The normalized spacial score (nSPS) is 14.3. The van der Waals surface area contributed by atoms with E-state index in [1.807, 2.05) is 0 Å². The van der Waals surface area contributed by atoms with Crippen molar-refractivity contribution in [2.45, 2.75) is 0 Å². The summed E-state index contributed by atoms with van der Waals surface area (Å²) in [5.74, 6) is 0.0422. The SMILES string of the molecule is O=Cc1ccccc1OCC(=O)N1CCN(c2ccc(F)cc2)CC1. The number of carbonyl (C=O) groups is 2. The standard InChI is InChI=1S/C19H19FN2O3/c20-16-5-7-17(8-6-16)21-9-11-22(12-10-21)19(24)14-25-18-4-2-1-3-15(18)13-23/h1-8,13H,9-12,14H2. The zero-order valence-electron chi connectivity index (χ0n) is 13.7. The van der Waals surface area contributed by atoms with Gasteiger partial charge in [0, 0.05) is 31.9 Å². The number of aldehydes is 1. The molecule has 25 heavy (non-hydrogen) atoms. The van der Waals surface area contributed by atoms with Crippen molar-refractivity contribution in [2.75, 3.05) is 37.7 Å². The van der Waals surface area contributed by atoms with Gasteiger partial charge in [-0.1, -0.05) is 12.1 Å². The number of anilines is 1. The summed E-state index contributed by atoms with van der Waals surface area (Å²) in [6.07, 6.45) is 0.710. The van der Waals surface area contributed by atoms with Gasteiger partial charge in [0.2, 0.25) is 0 Å². The molecule has 1 aliphatic rings. The molecule has 0 bridgehead atoms. The molecule has 2 aromatic carbocycles. The molecule has 1 heterocycles. The maximum Gasteiger partial charge on any atom is 0.260 e. The molecule has 6 heteroatoms. The molecular weight excluding hydrogens is 323 g/mol. The zero-order valence-corrected chi connectivity index (χ0v) is 13.7. The molecule has 0 aliphatic carbocycles. The summed E-state index contributed by atoms with van der Waals surface area (Å²) < 4.78 is 18.5. The molecule has 3 rings (SSSR count). The smallest absolute Gasteiger partial charge is 0.260 e. The highest BCUT2D eigenvalue weighted by molar-refractivity contribution is 5.81. The van der Waals surface area contributed by atoms with Crippen LogP contribution < -0.4 is 9.64 Å². The van der Waals surface area contributed by atoms with Crippen LogP contribution in [0.3, 0.4) is 0 Å². The molecule has 1 saturated heterocycles. The second kappa shape index (κ2) is 7.79. The molecule has 2 aromatic rings. The third-order valence-electron chi connectivity index (χ3n) is 4.22. The van der Waals surface area contributed by atoms with E-state index in [0.717, 1.165) is 5.69 Å². The third-order valence-corrected chi connectivity index (χ3v) is 4.22. The van der Waals surface area contributed by atoms with Crippen LogP contribution in [-0.2, 0) is 4.79 Å². The number of ether oxygens (including phenoxy) is 1. The minimum atomic E-state index is -0.259. The molecule has 130 valence electrons. The van der Waals surface area contributed by atoms with Crippen LogP contribution in [0, 0.1) is 5.82 Å². The highest BCUT2D eigenvalue weighted by Crippen LogP contribution is 2.18. The molecule has 0 spiro atoms.